The number of rotatable bonds is 7. The quantitative estimate of drug-likeness (QED) is 0.798. The largest absolute Gasteiger partial charge is 0.480 e. The first-order valence-corrected chi connectivity index (χ1v) is 6.63. The van der Waals surface area contributed by atoms with Gasteiger partial charge in [-0.3, -0.25) is 4.79 Å². The number of carboxylic acids is 1. The Morgan fingerprint density at radius 2 is 2.22 bits per heavy atom. The molecule has 4 heteroatoms. The molecule has 0 spiro atoms. The summed E-state index contributed by atoms with van der Waals surface area (Å²) in [5.74, 6) is -0.790. The zero-order valence-corrected chi connectivity index (χ0v) is 11.6. The highest BCUT2D eigenvalue weighted by Crippen LogP contribution is 2.16. The lowest BCUT2D eigenvalue weighted by Gasteiger charge is -2.14. The standard InChI is InChI=1S/C14H20ClNO2/c1-3-4-5-13(14(17)18)16-9-11-7-6-10(2)12(15)8-11/h6-8,13,16H,3-5,9H2,1-2H3,(H,17,18)/t13-/m0/s1. The number of carbonyl (C=O) groups is 1. The van der Waals surface area contributed by atoms with Gasteiger partial charge in [-0.2, -0.15) is 0 Å². The van der Waals surface area contributed by atoms with E-state index in [4.69, 9.17) is 16.7 Å². The molecule has 0 saturated carbocycles. The van der Waals surface area contributed by atoms with Gasteiger partial charge < -0.3 is 10.4 Å². The molecule has 0 unspecified atom stereocenters. The van der Waals surface area contributed by atoms with Crippen LogP contribution < -0.4 is 5.32 Å². The van der Waals surface area contributed by atoms with Crippen molar-refractivity contribution >= 4 is 17.6 Å². The number of aryl methyl sites for hydroxylation is 1. The summed E-state index contributed by atoms with van der Waals surface area (Å²) in [6.45, 7) is 4.53. The van der Waals surface area contributed by atoms with E-state index < -0.39 is 12.0 Å². The van der Waals surface area contributed by atoms with Gasteiger partial charge in [-0.05, 0) is 30.5 Å². The molecule has 3 nitrogen and oxygen atoms in total. The highest BCUT2D eigenvalue weighted by molar-refractivity contribution is 6.31. The van der Waals surface area contributed by atoms with Crippen LogP contribution in [-0.2, 0) is 11.3 Å². The third kappa shape index (κ3) is 4.67. The summed E-state index contributed by atoms with van der Waals surface area (Å²) >= 11 is 6.03. The summed E-state index contributed by atoms with van der Waals surface area (Å²) in [6, 6.07) is 5.31. The van der Waals surface area contributed by atoms with Crippen molar-refractivity contribution in [2.45, 2.75) is 45.7 Å². The van der Waals surface area contributed by atoms with E-state index in [1.807, 2.05) is 25.1 Å². The maximum absolute atomic E-state index is 11.1. The van der Waals surface area contributed by atoms with Gasteiger partial charge in [0.1, 0.15) is 6.04 Å². The van der Waals surface area contributed by atoms with Crippen molar-refractivity contribution in [3.63, 3.8) is 0 Å². The smallest absolute Gasteiger partial charge is 0.320 e. The van der Waals surface area contributed by atoms with E-state index in [0.717, 1.165) is 29.0 Å². The molecule has 0 aliphatic carbocycles. The third-order valence-corrected chi connectivity index (χ3v) is 3.34. The minimum absolute atomic E-state index is 0.481. The lowest BCUT2D eigenvalue weighted by molar-refractivity contribution is -0.139. The van der Waals surface area contributed by atoms with Crippen LogP contribution in [0.25, 0.3) is 0 Å². The van der Waals surface area contributed by atoms with Crippen LogP contribution in [0.15, 0.2) is 18.2 Å². The van der Waals surface area contributed by atoms with Crippen molar-refractivity contribution in [1.82, 2.24) is 5.32 Å². The highest BCUT2D eigenvalue weighted by Gasteiger charge is 2.15. The molecule has 1 atom stereocenters. The van der Waals surface area contributed by atoms with Crippen molar-refractivity contribution < 1.29 is 9.90 Å². The van der Waals surface area contributed by atoms with Gasteiger partial charge in [-0.25, -0.2) is 0 Å². The fourth-order valence-electron chi connectivity index (χ4n) is 1.71. The first kappa shape index (κ1) is 15.0. The molecule has 0 aromatic heterocycles. The Kier molecular flexibility index (Phi) is 6.16. The summed E-state index contributed by atoms with van der Waals surface area (Å²) in [5, 5.41) is 12.9. The SMILES string of the molecule is CCCC[C@H](NCc1ccc(C)c(Cl)c1)C(=O)O. The van der Waals surface area contributed by atoms with E-state index in [1.54, 1.807) is 0 Å². The molecule has 100 valence electrons. The molecule has 1 aromatic carbocycles. The summed E-state index contributed by atoms with van der Waals surface area (Å²) in [5.41, 5.74) is 2.04. The molecule has 0 saturated heterocycles. The van der Waals surface area contributed by atoms with Crippen LogP contribution in [0.5, 0.6) is 0 Å². The van der Waals surface area contributed by atoms with Gasteiger partial charge in [0.05, 0.1) is 0 Å². The van der Waals surface area contributed by atoms with Crippen LogP contribution in [0.2, 0.25) is 5.02 Å². The molecule has 1 aromatic rings. The molecule has 0 amide bonds. The van der Waals surface area contributed by atoms with Gasteiger partial charge in [0.2, 0.25) is 0 Å². The predicted molar refractivity (Wildman–Crippen MR) is 74.0 cm³/mol. The monoisotopic (exact) mass is 269 g/mol. The second kappa shape index (κ2) is 7.39. The molecule has 1 rings (SSSR count). The normalized spacial score (nSPS) is 12.4. The van der Waals surface area contributed by atoms with Gasteiger partial charge in [-0.1, -0.05) is 43.5 Å². The van der Waals surface area contributed by atoms with E-state index in [9.17, 15) is 4.79 Å². The van der Waals surface area contributed by atoms with Gasteiger partial charge in [0, 0.05) is 11.6 Å². The lowest BCUT2D eigenvalue weighted by atomic mass is 10.1. The van der Waals surface area contributed by atoms with Crippen molar-refractivity contribution in [3.8, 4) is 0 Å². The van der Waals surface area contributed by atoms with E-state index in [1.165, 1.54) is 0 Å². The van der Waals surface area contributed by atoms with Crippen LogP contribution in [0.4, 0.5) is 0 Å². The maximum atomic E-state index is 11.1. The summed E-state index contributed by atoms with van der Waals surface area (Å²) < 4.78 is 0. The van der Waals surface area contributed by atoms with E-state index in [-0.39, 0.29) is 0 Å². The Labute approximate surface area is 113 Å². The summed E-state index contributed by atoms with van der Waals surface area (Å²) in [6.07, 6.45) is 2.58. The number of unbranched alkanes of at least 4 members (excludes halogenated alkanes) is 1. The minimum atomic E-state index is -0.790. The van der Waals surface area contributed by atoms with Crippen molar-refractivity contribution in [2.75, 3.05) is 0 Å². The van der Waals surface area contributed by atoms with Gasteiger partial charge in [0.15, 0.2) is 0 Å². The molecule has 0 fully saturated rings. The number of hydrogen-bond acceptors (Lipinski definition) is 2. The van der Waals surface area contributed by atoms with Gasteiger partial charge in [0.25, 0.3) is 0 Å². The van der Waals surface area contributed by atoms with E-state index in [0.29, 0.717) is 13.0 Å². The van der Waals surface area contributed by atoms with Crippen LogP contribution in [0, 0.1) is 6.92 Å². The van der Waals surface area contributed by atoms with E-state index >= 15 is 0 Å². The second-order valence-corrected chi connectivity index (χ2v) is 4.90. The zero-order chi connectivity index (χ0) is 13.5. The zero-order valence-electron chi connectivity index (χ0n) is 10.9. The maximum Gasteiger partial charge on any atom is 0.320 e. The Morgan fingerprint density at radius 3 is 2.78 bits per heavy atom. The highest BCUT2D eigenvalue weighted by atomic mass is 35.5. The fourth-order valence-corrected chi connectivity index (χ4v) is 1.91. The molecule has 0 bridgehead atoms. The van der Waals surface area contributed by atoms with Crippen LogP contribution in [-0.4, -0.2) is 17.1 Å². The molecule has 0 heterocycles. The Hall–Kier alpha value is -1.06. The Morgan fingerprint density at radius 1 is 1.50 bits per heavy atom. The first-order chi connectivity index (χ1) is 8.54. The molecule has 0 aliphatic heterocycles. The number of hydrogen-bond donors (Lipinski definition) is 2. The summed E-state index contributed by atoms with van der Waals surface area (Å²) in [4.78, 5) is 11.1. The number of benzene rings is 1. The number of aliphatic carboxylic acids is 1. The Balaban J connectivity index is 2.55. The van der Waals surface area contributed by atoms with Crippen LogP contribution >= 0.6 is 11.6 Å². The van der Waals surface area contributed by atoms with Crippen LogP contribution in [0.1, 0.15) is 37.3 Å². The van der Waals surface area contributed by atoms with Gasteiger partial charge >= 0.3 is 5.97 Å². The van der Waals surface area contributed by atoms with Crippen molar-refractivity contribution in [1.29, 1.82) is 0 Å². The fraction of sp³-hybridized carbons (Fsp3) is 0.500. The number of carboxylic acid groups (broad SMARTS) is 1. The second-order valence-electron chi connectivity index (χ2n) is 4.50. The molecule has 18 heavy (non-hydrogen) atoms. The molecule has 2 N–H and O–H groups in total. The minimum Gasteiger partial charge on any atom is -0.480 e. The van der Waals surface area contributed by atoms with Crippen LogP contribution in [0.3, 0.4) is 0 Å². The molecular weight excluding hydrogens is 250 g/mol. The van der Waals surface area contributed by atoms with Crippen molar-refractivity contribution in [3.05, 3.63) is 34.3 Å². The van der Waals surface area contributed by atoms with Gasteiger partial charge in [-0.15, -0.1) is 0 Å². The molecular formula is C14H20ClNO2. The first-order valence-electron chi connectivity index (χ1n) is 6.25. The molecule has 0 radical (unpaired) electrons. The Bertz CT molecular complexity index is 407. The average molecular weight is 270 g/mol. The predicted octanol–water partition coefficient (Wildman–Crippen LogP) is 3.38. The topological polar surface area (TPSA) is 49.3 Å². The average Bonchev–Trinajstić information content (AvgIpc) is 2.33. The lowest BCUT2D eigenvalue weighted by Crippen LogP contribution is -2.36. The number of nitrogens with one attached hydrogen (secondary N) is 1. The summed E-state index contributed by atoms with van der Waals surface area (Å²) in [7, 11) is 0. The number of halogens is 1. The van der Waals surface area contributed by atoms with E-state index in [2.05, 4.69) is 12.2 Å². The van der Waals surface area contributed by atoms with Crippen molar-refractivity contribution in [2.24, 2.45) is 0 Å². The third-order valence-electron chi connectivity index (χ3n) is 2.93. The molecule has 0 aliphatic rings.